The van der Waals surface area contributed by atoms with Crippen molar-refractivity contribution in [2.75, 3.05) is 18.4 Å². The fourth-order valence-corrected chi connectivity index (χ4v) is 4.17. The third-order valence-electron chi connectivity index (χ3n) is 5.54. The molecule has 4 nitrogen and oxygen atoms in total. The fraction of sp³-hybridized carbons (Fsp3) is 0.333. The van der Waals surface area contributed by atoms with Gasteiger partial charge in [-0.25, -0.2) is 0 Å². The number of pyridine rings is 1. The lowest BCUT2D eigenvalue weighted by Gasteiger charge is -2.19. The van der Waals surface area contributed by atoms with Gasteiger partial charge in [-0.05, 0) is 86.4 Å². The molecule has 0 atom stereocenters. The summed E-state index contributed by atoms with van der Waals surface area (Å²) in [7, 11) is 0. The van der Waals surface area contributed by atoms with Crippen LogP contribution in [0.4, 0.5) is 5.69 Å². The van der Waals surface area contributed by atoms with Gasteiger partial charge in [0.2, 0.25) is 0 Å². The molecule has 0 bridgehead atoms. The van der Waals surface area contributed by atoms with E-state index in [1.807, 2.05) is 43.5 Å². The lowest BCUT2D eigenvalue weighted by molar-refractivity contribution is 0.102. The van der Waals surface area contributed by atoms with E-state index in [-0.39, 0.29) is 5.91 Å². The molecule has 0 saturated carbocycles. The van der Waals surface area contributed by atoms with Crippen LogP contribution in [-0.2, 0) is 6.54 Å². The van der Waals surface area contributed by atoms with Gasteiger partial charge in [0, 0.05) is 33.9 Å². The van der Waals surface area contributed by atoms with E-state index in [0.29, 0.717) is 5.56 Å². The van der Waals surface area contributed by atoms with Gasteiger partial charge < -0.3 is 5.32 Å². The minimum absolute atomic E-state index is 0.113. The van der Waals surface area contributed by atoms with Crippen LogP contribution >= 0.6 is 15.9 Å². The number of hydrogen-bond acceptors (Lipinski definition) is 3. The molecule has 3 aromatic rings. The van der Waals surface area contributed by atoms with Gasteiger partial charge >= 0.3 is 0 Å². The average molecular weight is 452 g/mol. The Morgan fingerprint density at radius 3 is 2.52 bits per heavy atom. The van der Waals surface area contributed by atoms with Crippen LogP contribution in [0.5, 0.6) is 0 Å². The van der Waals surface area contributed by atoms with E-state index in [0.717, 1.165) is 33.2 Å². The molecule has 150 valence electrons. The predicted molar refractivity (Wildman–Crippen MR) is 122 cm³/mol. The first kappa shape index (κ1) is 20.0. The van der Waals surface area contributed by atoms with Crippen molar-refractivity contribution >= 4 is 38.4 Å². The highest BCUT2D eigenvalue weighted by Crippen LogP contribution is 2.24. The second kappa shape index (κ2) is 9.06. The van der Waals surface area contributed by atoms with Crippen LogP contribution in [0.2, 0.25) is 0 Å². The smallest absolute Gasteiger partial charge is 0.255 e. The zero-order valence-electron chi connectivity index (χ0n) is 16.7. The molecule has 29 heavy (non-hydrogen) atoms. The number of nitrogens with zero attached hydrogens (tertiary/aromatic N) is 2. The van der Waals surface area contributed by atoms with Gasteiger partial charge in [0.15, 0.2) is 0 Å². The molecule has 1 fully saturated rings. The Morgan fingerprint density at radius 1 is 1.07 bits per heavy atom. The summed E-state index contributed by atoms with van der Waals surface area (Å²) in [6.07, 6.45) is 7.26. The number of rotatable bonds is 4. The van der Waals surface area contributed by atoms with Gasteiger partial charge in [-0.2, -0.15) is 0 Å². The van der Waals surface area contributed by atoms with Crippen molar-refractivity contribution in [1.82, 2.24) is 9.88 Å². The van der Waals surface area contributed by atoms with Gasteiger partial charge in [-0.15, -0.1) is 0 Å². The van der Waals surface area contributed by atoms with Crippen molar-refractivity contribution < 1.29 is 4.79 Å². The second-order valence-electron chi connectivity index (χ2n) is 7.85. The summed E-state index contributed by atoms with van der Waals surface area (Å²) in [4.78, 5) is 19.8. The summed E-state index contributed by atoms with van der Waals surface area (Å²) in [5, 5.41) is 4.14. The molecular formula is C24H26BrN3O. The van der Waals surface area contributed by atoms with Crippen LogP contribution in [0.15, 0.2) is 53.1 Å². The molecule has 2 aromatic carbocycles. The first-order valence-corrected chi connectivity index (χ1v) is 11.1. The first-order chi connectivity index (χ1) is 14.1. The molecule has 1 N–H and O–H groups in total. The number of aryl methyl sites for hydroxylation is 1. The normalized spacial score (nSPS) is 15.2. The monoisotopic (exact) mass is 451 g/mol. The zero-order valence-corrected chi connectivity index (χ0v) is 18.3. The topological polar surface area (TPSA) is 45.2 Å². The highest BCUT2D eigenvalue weighted by Gasteiger charge is 2.12. The minimum Gasteiger partial charge on any atom is -0.322 e. The van der Waals surface area contributed by atoms with Gasteiger partial charge in [-0.1, -0.05) is 28.8 Å². The van der Waals surface area contributed by atoms with Gasteiger partial charge in [-0.3, -0.25) is 14.7 Å². The number of halogens is 1. The van der Waals surface area contributed by atoms with Crippen molar-refractivity contribution in [1.29, 1.82) is 0 Å². The number of fused-ring (bicyclic) bond motifs is 1. The first-order valence-electron chi connectivity index (χ1n) is 10.3. The molecule has 0 spiro atoms. The van der Waals surface area contributed by atoms with Crippen LogP contribution in [0.25, 0.3) is 10.9 Å². The number of anilines is 1. The van der Waals surface area contributed by atoms with E-state index >= 15 is 0 Å². The van der Waals surface area contributed by atoms with E-state index in [4.69, 9.17) is 0 Å². The number of carbonyl (C=O) groups is 1. The largest absolute Gasteiger partial charge is 0.322 e. The van der Waals surface area contributed by atoms with Crippen LogP contribution in [0.1, 0.15) is 47.2 Å². The predicted octanol–water partition coefficient (Wildman–Crippen LogP) is 5.93. The average Bonchev–Trinajstić information content (AvgIpc) is 2.98. The van der Waals surface area contributed by atoms with E-state index in [2.05, 4.69) is 43.3 Å². The molecule has 5 heteroatoms. The third kappa shape index (κ3) is 5.03. The third-order valence-corrected chi connectivity index (χ3v) is 6.07. The summed E-state index contributed by atoms with van der Waals surface area (Å²) in [5.74, 6) is -0.113. The van der Waals surface area contributed by atoms with Crippen molar-refractivity contribution in [2.24, 2.45) is 0 Å². The number of hydrogen-bond donors (Lipinski definition) is 1. The standard InChI is InChI=1S/C24H26BrN3O/c1-17-12-20-13-18(16-28-10-4-2-3-5-11-28)15-26-23(20)14-22(17)27-24(29)19-6-8-21(25)9-7-19/h6-9,12-15H,2-5,10-11,16H2,1H3,(H,27,29). The maximum Gasteiger partial charge on any atom is 0.255 e. The molecule has 4 rings (SSSR count). The molecule has 1 amide bonds. The molecule has 2 heterocycles. The summed E-state index contributed by atoms with van der Waals surface area (Å²) in [6, 6.07) is 13.7. The van der Waals surface area contributed by atoms with Gasteiger partial charge in [0.1, 0.15) is 0 Å². The molecule has 0 unspecified atom stereocenters. The molecule has 0 radical (unpaired) electrons. The van der Waals surface area contributed by atoms with Crippen LogP contribution in [0, 0.1) is 6.92 Å². The number of benzene rings is 2. The van der Waals surface area contributed by atoms with E-state index in [1.54, 1.807) is 0 Å². The maximum atomic E-state index is 12.6. The lowest BCUT2D eigenvalue weighted by Crippen LogP contribution is -2.24. The molecule has 1 aromatic heterocycles. The summed E-state index contributed by atoms with van der Waals surface area (Å²) in [6.45, 7) is 5.35. The Balaban J connectivity index is 1.52. The number of nitrogens with one attached hydrogen (secondary N) is 1. The fourth-order valence-electron chi connectivity index (χ4n) is 3.91. The Morgan fingerprint density at radius 2 is 1.79 bits per heavy atom. The highest BCUT2D eigenvalue weighted by molar-refractivity contribution is 9.10. The Bertz CT molecular complexity index is 1010. The van der Waals surface area contributed by atoms with Crippen LogP contribution in [-0.4, -0.2) is 28.9 Å². The van der Waals surface area contributed by atoms with Crippen LogP contribution < -0.4 is 5.32 Å². The minimum atomic E-state index is -0.113. The van der Waals surface area contributed by atoms with E-state index in [1.165, 1.54) is 44.3 Å². The van der Waals surface area contributed by atoms with E-state index in [9.17, 15) is 4.79 Å². The molecular weight excluding hydrogens is 426 g/mol. The van der Waals surface area contributed by atoms with Crippen molar-refractivity contribution in [3.05, 3.63) is 69.8 Å². The summed E-state index contributed by atoms with van der Waals surface area (Å²) >= 11 is 3.40. The molecule has 1 saturated heterocycles. The van der Waals surface area contributed by atoms with Crippen molar-refractivity contribution in [3.63, 3.8) is 0 Å². The quantitative estimate of drug-likeness (QED) is 0.534. The highest BCUT2D eigenvalue weighted by atomic mass is 79.9. The second-order valence-corrected chi connectivity index (χ2v) is 8.77. The molecule has 1 aliphatic rings. The Hall–Kier alpha value is -2.24. The zero-order chi connectivity index (χ0) is 20.2. The molecule has 0 aliphatic carbocycles. The summed E-state index contributed by atoms with van der Waals surface area (Å²) in [5.41, 5.74) is 4.63. The number of aromatic nitrogens is 1. The van der Waals surface area contributed by atoms with Crippen molar-refractivity contribution in [3.8, 4) is 0 Å². The SMILES string of the molecule is Cc1cc2cc(CN3CCCCCC3)cnc2cc1NC(=O)c1ccc(Br)cc1. The van der Waals surface area contributed by atoms with Crippen LogP contribution in [0.3, 0.4) is 0 Å². The maximum absolute atomic E-state index is 12.6. The Kier molecular flexibility index (Phi) is 6.26. The van der Waals surface area contributed by atoms with Gasteiger partial charge in [0.05, 0.1) is 5.52 Å². The Labute approximate surface area is 180 Å². The summed E-state index contributed by atoms with van der Waals surface area (Å²) < 4.78 is 0.955. The molecule has 1 aliphatic heterocycles. The van der Waals surface area contributed by atoms with Gasteiger partial charge in [0.25, 0.3) is 5.91 Å². The number of likely N-dealkylation sites (tertiary alicyclic amines) is 1. The lowest BCUT2D eigenvalue weighted by atomic mass is 10.1. The number of carbonyl (C=O) groups excluding carboxylic acids is 1. The number of amides is 1. The van der Waals surface area contributed by atoms with Crippen molar-refractivity contribution in [2.45, 2.75) is 39.2 Å². The van der Waals surface area contributed by atoms with E-state index < -0.39 is 0 Å².